The normalized spacial score (nSPS) is 17.1. The highest BCUT2D eigenvalue weighted by molar-refractivity contribution is 5.95. The number of carbonyl (C=O) groups is 1. The Bertz CT molecular complexity index is 1040. The van der Waals surface area contributed by atoms with E-state index in [0.717, 1.165) is 24.2 Å². The number of carbonyl (C=O) groups excluding carboxylic acids is 1. The van der Waals surface area contributed by atoms with Crippen LogP contribution in [0.15, 0.2) is 48.5 Å². The Morgan fingerprint density at radius 2 is 1.76 bits per heavy atom. The van der Waals surface area contributed by atoms with Crippen LogP contribution in [0.1, 0.15) is 48.2 Å². The van der Waals surface area contributed by atoms with Crippen molar-refractivity contribution < 1.29 is 27.4 Å². The summed E-state index contributed by atoms with van der Waals surface area (Å²) in [4.78, 5) is 14.4. The predicted octanol–water partition coefficient (Wildman–Crippen LogP) is 5.01. The number of hydrogen-bond acceptors (Lipinski definition) is 4. The van der Waals surface area contributed by atoms with Gasteiger partial charge in [-0.25, -0.2) is 0 Å². The van der Waals surface area contributed by atoms with E-state index in [2.05, 4.69) is 16.1 Å². The molecule has 0 bridgehead atoms. The highest BCUT2D eigenvalue weighted by Crippen LogP contribution is 2.44. The minimum Gasteiger partial charge on any atom is -0.482 e. The summed E-state index contributed by atoms with van der Waals surface area (Å²) in [7, 11) is 0. The summed E-state index contributed by atoms with van der Waals surface area (Å²) in [5.41, 5.74) is 2.43. The van der Waals surface area contributed by atoms with Crippen molar-refractivity contribution >= 4 is 11.5 Å². The van der Waals surface area contributed by atoms with Crippen molar-refractivity contribution in [3.63, 3.8) is 0 Å². The van der Waals surface area contributed by atoms with Crippen molar-refractivity contribution in [1.82, 2.24) is 10.2 Å². The van der Waals surface area contributed by atoms with Gasteiger partial charge in [-0.05, 0) is 68.4 Å². The molecule has 1 spiro atoms. The van der Waals surface area contributed by atoms with E-state index in [0.29, 0.717) is 42.8 Å². The van der Waals surface area contributed by atoms with Gasteiger partial charge in [0.15, 0.2) is 0 Å². The second kappa shape index (κ2) is 9.09. The third-order valence-corrected chi connectivity index (χ3v) is 6.14. The lowest BCUT2D eigenvalue weighted by Gasteiger charge is -2.40. The van der Waals surface area contributed by atoms with E-state index in [-0.39, 0.29) is 11.7 Å². The lowest BCUT2D eigenvalue weighted by molar-refractivity contribution is -0.274. The molecule has 0 unspecified atom stereocenters. The third-order valence-electron chi connectivity index (χ3n) is 6.14. The molecular formula is C25H27F3N2O3. The first-order chi connectivity index (χ1) is 15.7. The highest BCUT2D eigenvalue weighted by atomic mass is 19.4. The number of fused-ring (bicyclic) bond motifs is 1. The van der Waals surface area contributed by atoms with E-state index in [1.54, 1.807) is 23.1 Å². The monoisotopic (exact) mass is 460 g/mol. The molecule has 2 aliphatic heterocycles. The lowest BCUT2D eigenvalue weighted by Crippen LogP contribution is -2.46. The van der Waals surface area contributed by atoms with Crippen molar-refractivity contribution in [1.29, 1.82) is 0 Å². The van der Waals surface area contributed by atoms with Gasteiger partial charge in [0, 0.05) is 43.1 Å². The minimum absolute atomic E-state index is 0.0309. The Kier molecular flexibility index (Phi) is 6.38. The maximum Gasteiger partial charge on any atom is 0.573 e. The van der Waals surface area contributed by atoms with Crippen LogP contribution < -0.4 is 14.8 Å². The summed E-state index contributed by atoms with van der Waals surface area (Å²) in [6.07, 6.45) is -1.32. The first kappa shape index (κ1) is 23.2. The van der Waals surface area contributed by atoms with Crippen molar-refractivity contribution in [2.24, 2.45) is 0 Å². The number of rotatable bonds is 5. The van der Waals surface area contributed by atoms with Gasteiger partial charge >= 0.3 is 6.36 Å². The first-order valence-corrected chi connectivity index (χ1v) is 11.2. The number of nitrogens with zero attached hydrogens (tertiary/aromatic N) is 1. The average Bonchev–Trinajstić information content (AvgIpc) is 2.78. The molecular weight excluding hydrogens is 433 g/mol. The summed E-state index contributed by atoms with van der Waals surface area (Å²) in [6, 6.07) is 11.5. The largest absolute Gasteiger partial charge is 0.573 e. The lowest BCUT2D eigenvalue weighted by atomic mass is 9.83. The van der Waals surface area contributed by atoms with Gasteiger partial charge in [0.1, 0.15) is 17.1 Å². The van der Waals surface area contributed by atoms with Gasteiger partial charge < -0.3 is 19.7 Å². The molecule has 0 saturated carbocycles. The zero-order valence-electron chi connectivity index (χ0n) is 18.7. The fourth-order valence-corrected chi connectivity index (χ4v) is 4.42. The van der Waals surface area contributed by atoms with E-state index in [9.17, 15) is 18.0 Å². The van der Waals surface area contributed by atoms with Crippen LogP contribution in [-0.2, 0) is 0 Å². The summed E-state index contributed by atoms with van der Waals surface area (Å²) in [5, 5.41) is 3.29. The maximum atomic E-state index is 12.8. The molecule has 1 N–H and O–H groups in total. The van der Waals surface area contributed by atoms with Gasteiger partial charge in [0.25, 0.3) is 5.91 Å². The maximum absolute atomic E-state index is 12.8. The third kappa shape index (κ3) is 5.00. The van der Waals surface area contributed by atoms with Crippen LogP contribution in [0.4, 0.5) is 13.2 Å². The standard InChI is InChI=1S/C25H27F3N2O3/c1-3-30(4-2)23(31)18-7-5-17(6-8-18)21-16-24(11-13-29-14-12-24)33-22-15-19(9-10-20(21)22)32-25(26,27)28/h5-10,15-16,29H,3-4,11-14H2,1-2H3. The number of benzene rings is 2. The molecule has 33 heavy (non-hydrogen) atoms. The van der Waals surface area contributed by atoms with Crippen molar-refractivity contribution in [3.8, 4) is 11.5 Å². The highest BCUT2D eigenvalue weighted by Gasteiger charge is 2.38. The number of nitrogens with one attached hydrogen (secondary N) is 1. The van der Waals surface area contributed by atoms with Crippen LogP contribution >= 0.6 is 0 Å². The molecule has 2 aliphatic rings. The molecule has 4 rings (SSSR count). The van der Waals surface area contributed by atoms with Gasteiger partial charge in [-0.15, -0.1) is 13.2 Å². The quantitative estimate of drug-likeness (QED) is 0.681. The van der Waals surface area contributed by atoms with Gasteiger partial charge in [-0.3, -0.25) is 4.79 Å². The van der Waals surface area contributed by atoms with Gasteiger partial charge in [-0.2, -0.15) is 0 Å². The van der Waals surface area contributed by atoms with Gasteiger partial charge in [0.05, 0.1) is 0 Å². The molecule has 5 nitrogen and oxygen atoms in total. The molecule has 0 aliphatic carbocycles. The van der Waals surface area contributed by atoms with Gasteiger partial charge in [0.2, 0.25) is 0 Å². The number of piperidine rings is 1. The second-order valence-electron chi connectivity index (χ2n) is 8.24. The number of hydrogen-bond donors (Lipinski definition) is 1. The molecule has 2 aromatic rings. The summed E-state index contributed by atoms with van der Waals surface area (Å²) < 4.78 is 48.7. The molecule has 8 heteroatoms. The summed E-state index contributed by atoms with van der Waals surface area (Å²) >= 11 is 0. The van der Waals surface area contributed by atoms with Crippen LogP contribution in [0.3, 0.4) is 0 Å². The molecule has 176 valence electrons. The van der Waals surface area contributed by atoms with Crippen molar-refractivity contribution in [2.75, 3.05) is 26.2 Å². The molecule has 1 amide bonds. The number of amides is 1. The van der Waals surface area contributed by atoms with Crippen LogP contribution in [0.25, 0.3) is 5.57 Å². The Labute approximate surface area is 191 Å². The Balaban J connectivity index is 1.72. The average molecular weight is 460 g/mol. The van der Waals surface area contributed by atoms with Crippen LogP contribution in [0.2, 0.25) is 0 Å². The Morgan fingerprint density at radius 3 is 2.36 bits per heavy atom. The van der Waals surface area contributed by atoms with E-state index in [4.69, 9.17) is 4.74 Å². The molecule has 2 heterocycles. The van der Waals surface area contributed by atoms with E-state index in [1.807, 2.05) is 26.0 Å². The van der Waals surface area contributed by atoms with E-state index in [1.165, 1.54) is 12.1 Å². The summed E-state index contributed by atoms with van der Waals surface area (Å²) in [5.74, 6) is 0.0165. The predicted molar refractivity (Wildman–Crippen MR) is 119 cm³/mol. The van der Waals surface area contributed by atoms with E-state index < -0.39 is 12.0 Å². The smallest absolute Gasteiger partial charge is 0.482 e. The molecule has 2 aromatic carbocycles. The van der Waals surface area contributed by atoms with Crippen molar-refractivity contribution in [3.05, 3.63) is 65.2 Å². The minimum atomic E-state index is -4.78. The SMILES string of the molecule is CCN(CC)C(=O)c1ccc(C2=CC3(CCNCC3)Oc3cc(OC(F)(F)F)ccc32)cc1. The van der Waals surface area contributed by atoms with Crippen LogP contribution in [0.5, 0.6) is 11.5 Å². The topological polar surface area (TPSA) is 50.8 Å². The Hall–Kier alpha value is -3.00. The fourth-order valence-electron chi connectivity index (χ4n) is 4.42. The zero-order valence-corrected chi connectivity index (χ0v) is 18.7. The van der Waals surface area contributed by atoms with Crippen molar-refractivity contribution in [2.45, 2.75) is 38.7 Å². The summed E-state index contributed by atoms with van der Waals surface area (Å²) in [6.45, 7) is 6.63. The first-order valence-electron chi connectivity index (χ1n) is 11.2. The zero-order chi connectivity index (χ0) is 23.6. The molecule has 1 saturated heterocycles. The molecule has 0 radical (unpaired) electrons. The fraction of sp³-hybridized carbons (Fsp3) is 0.400. The van der Waals surface area contributed by atoms with Crippen LogP contribution in [-0.4, -0.2) is 48.9 Å². The molecule has 0 atom stereocenters. The second-order valence-corrected chi connectivity index (χ2v) is 8.24. The number of halogens is 3. The Morgan fingerprint density at radius 1 is 1.09 bits per heavy atom. The molecule has 1 fully saturated rings. The van der Waals surface area contributed by atoms with Crippen LogP contribution in [0, 0.1) is 0 Å². The molecule has 0 aromatic heterocycles. The number of alkyl halides is 3. The number of ether oxygens (including phenoxy) is 2. The van der Waals surface area contributed by atoms with Gasteiger partial charge in [-0.1, -0.05) is 12.1 Å². The van der Waals surface area contributed by atoms with E-state index >= 15 is 0 Å².